The van der Waals surface area contributed by atoms with Crippen LogP contribution in [0.5, 0.6) is 0 Å². The number of rotatable bonds is 14. The van der Waals surface area contributed by atoms with Gasteiger partial charge in [-0.1, -0.05) is 0 Å². The standard InChI is InChI=1S/C12H32N2O5Si2/c1-20(2,13-5-9-17-11-7-15)19-21(3,4)14-6-10-18-12-8-16/h13-16H,5-12H2,1-4H3. The van der Waals surface area contributed by atoms with Gasteiger partial charge in [0.25, 0.3) is 17.0 Å². The predicted molar refractivity (Wildman–Crippen MR) is 87.9 cm³/mol. The first-order valence-electron chi connectivity index (χ1n) is 7.40. The molecular weight excluding hydrogens is 308 g/mol. The Bertz CT molecular complexity index is 234. The normalized spacial score (nSPS) is 12.9. The summed E-state index contributed by atoms with van der Waals surface area (Å²) in [4.78, 5) is 6.85. The average molecular weight is 341 g/mol. The Hall–Kier alpha value is 0.154. The van der Waals surface area contributed by atoms with Gasteiger partial charge in [-0.3, -0.25) is 0 Å². The summed E-state index contributed by atoms with van der Waals surface area (Å²) in [7, 11) is -3.90. The van der Waals surface area contributed by atoms with Gasteiger partial charge in [0.1, 0.15) is 0 Å². The first-order valence-corrected chi connectivity index (χ1v) is 13.2. The lowest BCUT2D eigenvalue weighted by Crippen LogP contribution is -2.61. The third kappa shape index (κ3) is 13.5. The molecule has 0 atom stereocenters. The van der Waals surface area contributed by atoms with Gasteiger partial charge in [0.2, 0.25) is 0 Å². The molecule has 128 valence electrons. The molecule has 0 aromatic carbocycles. The van der Waals surface area contributed by atoms with Crippen molar-refractivity contribution in [3.05, 3.63) is 0 Å². The van der Waals surface area contributed by atoms with E-state index in [4.69, 9.17) is 23.8 Å². The van der Waals surface area contributed by atoms with Crippen molar-refractivity contribution in [3.63, 3.8) is 0 Å². The van der Waals surface area contributed by atoms with Crippen LogP contribution >= 0.6 is 0 Å². The molecule has 0 aromatic heterocycles. The summed E-state index contributed by atoms with van der Waals surface area (Å²) in [5.74, 6) is 0. The van der Waals surface area contributed by atoms with E-state index in [2.05, 4.69) is 36.2 Å². The molecule has 9 heteroatoms. The van der Waals surface area contributed by atoms with Crippen LogP contribution in [-0.2, 0) is 13.6 Å². The smallest absolute Gasteiger partial charge is 0.252 e. The van der Waals surface area contributed by atoms with Crippen molar-refractivity contribution in [2.24, 2.45) is 0 Å². The van der Waals surface area contributed by atoms with E-state index in [0.717, 1.165) is 13.1 Å². The molecule has 0 aliphatic rings. The van der Waals surface area contributed by atoms with Crippen LogP contribution in [0.25, 0.3) is 0 Å². The van der Waals surface area contributed by atoms with E-state index >= 15 is 0 Å². The maximum Gasteiger partial charge on any atom is 0.252 e. The van der Waals surface area contributed by atoms with Crippen molar-refractivity contribution in [2.45, 2.75) is 26.2 Å². The third-order valence-electron chi connectivity index (χ3n) is 2.58. The number of hydrogen-bond donors (Lipinski definition) is 4. The summed E-state index contributed by atoms with van der Waals surface area (Å²) in [5.41, 5.74) is 0. The Labute approximate surface area is 130 Å². The van der Waals surface area contributed by atoms with E-state index in [9.17, 15) is 0 Å². The number of aliphatic hydroxyl groups is 2. The lowest BCUT2D eigenvalue weighted by atomic mass is 10.7. The SMILES string of the molecule is C[Si](C)(NCCOCCO)O[Si](C)(C)NCCOCCO. The van der Waals surface area contributed by atoms with Gasteiger partial charge in [-0.25, -0.2) is 0 Å². The average Bonchev–Trinajstić information content (AvgIpc) is 2.36. The summed E-state index contributed by atoms with van der Waals surface area (Å²) in [6.07, 6.45) is 0. The fraction of sp³-hybridized carbons (Fsp3) is 1.00. The molecule has 0 aromatic rings. The van der Waals surface area contributed by atoms with Gasteiger partial charge in [-0.15, -0.1) is 0 Å². The maximum absolute atomic E-state index is 8.63. The van der Waals surface area contributed by atoms with E-state index in [1.807, 2.05) is 0 Å². The molecule has 0 aliphatic heterocycles. The van der Waals surface area contributed by atoms with Crippen molar-refractivity contribution in [1.29, 1.82) is 0 Å². The van der Waals surface area contributed by atoms with Crippen LogP contribution < -0.4 is 9.96 Å². The number of hydrogen-bond acceptors (Lipinski definition) is 7. The van der Waals surface area contributed by atoms with Crippen LogP contribution in [0.3, 0.4) is 0 Å². The van der Waals surface area contributed by atoms with E-state index in [0.29, 0.717) is 26.4 Å². The van der Waals surface area contributed by atoms with Crippen molar-refractivity contribution < 1.29 is 23.8 Å². The highest BCUT2D eigenvalue weighted by Gasteiger charge is 2.32. The first-order chi connectivity index (χ1) is 9.83. The molecule has 0 heterocycles. The molecule has 0 bridgehead atoms. The zero-order chi connectivity index (χ0) is 16.2. The van der Waals surface area contributed by atoms with Crippen molar-refractivity contribution >= 4 is 17.0 Å². The minimum absolute atomic E-state index is 0.0551. The van der Waals surface area contributed by atoms with Gasteiger partial charge in [0.05, 0.1) is 39.6 Å². The molecule has 0 saturated heterocycles. The summed E-state index contributed by atoms with van der Waals surface area (Å²) < 4.78 is 16.7. The number of aliphatic hydroxyl groups excluding tert-OH is 2. The quantitative estimate of drug-likeness (QED) is 0.253. The van der Waals surface area contributed by atoms with Crippen LogP contribution in [0.2, 0.25) is 26.2 Å². The first kappa shape index (κ1) is 21.2. The molecule has 7 nitrogen and oxygen atoms in total. The van der Waals surface area contributed by atoms with Crippen molar-refractivity contribution in [3.8, 4) is 0 Å². The number of ether oxygens (including phenoxy) is 2. The highest BCUT2D eigenvalue weighted by Crippen LogP contribution is 2.09. The molecule has 0 unspecified atom stereocenters. The fourth-order valence-corrected chi connectivity index (χ4v) is 8.98. The van der Waals surface area contributed by atoms with Gasteiger partial charge in [0.15, 0.2) is 0 Å². The van der Waals surface area contributed by atoms with Crippen LogP contribution in [-0.4, -0.2) is 79.9 Å². The van der Waals surface area contributed by atoms with Crippen LogP contribution in [0.4, 0.5) is 0 Å². The van der Waals surface area contributed by atoms with Crippen molar-refractivity contribution in [1.82, 2.24) is 9.96 Å². The molecule has 0 rings (SSSR count). The highest BCUT2D eigenvalue weighted by molar-refractivity contribution is 6.82. The fourth-order valence-electron chi connectivity index (χ4n) is 1.89. The van der Waals surface area contributed by atoms with Gasteiger partial charge in [-0.2, -0.15) is 0 Å². The maximum atomic E-state index is 8.63. The summed E-state index contributed by atoms with van der Waals surface area (Å²) >= 11 is 0. The van der Waals surface area contributed by atoms with E-state index in [-0.39, 0.29) is 13.2 Å². The third-order valence-corrected chi connectivity index (χ3v) is 8.86. The Kier molecular flexibility index (Phi) is 11.8. The van der Waals surface area contributed by atoms with Gasteiger partial charge >= 0.3 is 0 Å². The summed E-state index contributed by atoms with van der Waals surface area (Å²) in [6, 6.07) is 0. The zero-order valence-corrected chi connectivity index (χ0v) is 15.8. The largest absolute Gasteiger partial charge is 0.433 e. The molecule has 4 N–H and O–H groups in total. The Morgan fingerprint density at radius 2 is 1.10 bits per heavy atom. The van der Waals surface area contributed by atoms with Gasteiger partial charge in [-0.05, 0) is 26.2 Å². The lowest BCUT2D eigenvalue weighted by Gasteiger charge is -2.34. The molecular formula is C12H32N2O5Si2. The minimum Gasteiger partial charge on any atom is -0.433 e. The number of nitrogens with one attached hydrogen (secondary N) is 2. The van der Waals surface area contributed by atoms with Gasteiger partial charge in [0, 0.05) is 13.1 Å². The summed E-state index contributed by atoms with van der Waals surface area (Å²) in [5, 5.41) is 17.3. The lowest BCUT2D eigenvalue weighted by molar-refractivity contribution is 0.0950. The monoisotopic (exact) mass is 340 g/mol. The summed E-state index contributed by atoms with van der Waals surface area (Å²) in [6.45, 7) is 12.0. The second-order valence-electron chi connectivity index (χ2n) is 5.65. The van der Waals surface area contributed by atoms with Crippen LogP contribution in [0.1, 0.15) is 0 Å². The minimum atomic E-state index is -1.95. The Balaban J connectivity index is 3.87. The van der Waals surface area contributed by atoms with Gasteiger partial charge < -0.3 is 33.8 Å². The molecule has 0 saturated carbocycles. The predicted octanol–water partition coefficient (Wildman–Crippen LogP) is -0.396. The molecule has 21 heavy (non-hydrogen) atoms. The molecule has 0 amide bonds. The second-order valence-corrected chi connectivity index (χ2v) is 13.2. The van der Waals surface area contributed by atoms with Crippen molar-refractivity contribution in [2.75, 3.05) is 52.7 Å². The van der Waals surface area contributed by atoms with E-state index in [1.165, 1.54) is 0 Å². The Morgan fingerprint density at radius 3 is 1.43 bits per heavy atom. The molecule has 0 spiro atoms. The molecule has 0 fully saturated rings. The molecule has 0 aliphatic carbocycles. The molecule has 0 radical (unpaired) electrons. The zero-order valence-electron chi connectivity index (χ0n) is 13.8. The topological polar surface area (TPSA) is 92.2 Å². The van der Waals surface area contributed by atoms with E-state index < -0.39 is 17.0 Å². The van der Waals surface area contributed by atoms with Crippen LogP contribution in [0, 0.1) is 0 Å². The Morgan fingerprint density at radius 1 is 0.714 bits per heavy atom. The van der Waals surface area contributed by atoms with E-state index in [1.54, 1.807) is 0 Å². The highest BCUT2D eigenvalue weighted by atomic mass is 28.4. The van der Waals surface area contributed by atoms with Crippen LogP contribution in [0.15, 0.2) is 0 Å². The second kappa shape index (κ2) is 11.7.